The summed E-state index contributed by atoms with van der Waals surface area (Å²) in [7, 11) is 1.45. The van der Waals surface area contributed by atoms with E-state index in [1.165, 1.54) is 7.11 Å². The molecular formula is C31H35NO10. The second-order valence-electron chi connectivity index (χ2n) is 11.0. The fourth-order valence-corrected chi connectivity index (χ4v) is 6.47. The number of ether oxygens (including phenoxy) is 5. The summed E-state index contributed by atoms with van der Waals surface area (Å²) in [5, 5.41) is 36.1. The van der Waals surface area contributed by atoms with Crippen molar-refractivity contribution < 1.29 is 48.6 Å². The van der Waals surface area contributed by atoms with Crippen LogP contribution in [-0.4, -0.2) is 85.6 Å². The molecule has 0 spiro atoms. The summed E-state index contributed by atoms with van der Waals surface area (Å²) in [5.74, 6) is -1.84. The topological polar surface area (TPSA) is 153 Å². The van der Waals surface area contributed by atoms with Crippen LogP contribution in [0.2, 0.25) is 0 Å². The molecule has 2 aromatic carbocycles. The lowest BCUT2D eigenvalue weighted by Gasteiger charge is -2.38. The van der Waals surface area contributed by atoms with E-state index < -0.39 is 36.5 Å². The summed E-state index contributed by atoms with van der Waals surface area (Å²) in [6.45, 7) is 5.56. The van der Waals surface area contributed by atoms with Crippen molar-refractivity contribution in [1.82, 2.24) is 5.32 Å². The molecule has 0 amide bonds. The number of fused-ring (bicyclic) bond motifs is 3. The highest BCUT2D eigenvalue weighted by Crippen LogP contribution is 2.54. The highest BCUT2D eigenvalue weighted by Gasteiger charge is 2.43. The lowest BCUT2D eigenvalue weighted by atomic mass is 9.73. The fourth-order valence-electron chi connectivity index (χ4n) is 6.47. The molecule has 2 heterocycles. The van der Waals surface area contributed by atoms with Crippen molar-refractivity contribution in [3.05, 3.63) is 58.2 Å². The number of rotatable bonds is 7. The van der Waals surface area contributed by atoms with Gasteiger partial charge in [0.15, 0.2) is 12.1 Å². The summed E-state index contributed by atoms with van der Waals surface area (Å²) >= 11 is 0. The molecule has 2 aliphatic carbocycles. The molecule has 5 atom stereocenters. The summed E-state index contributed by atoms with van der Waals surface area (Å²) in [5.41, 5.74) is 1.62. The van der Waals surface area contributed by atoms with Gasteiger partial charge in [-0.25, -0.2) is 0 Å². The third-order valence-corrected chi connectivity index (χ3v) is 8.55. The predicted octanol–water partition coefficient (Wildman–Crippen LogP) is 2.36. The van der Waals surface area contributed by atoms with Crippen LogP contribution in [0, 0.1) is 5.92 Å². The summed E-state index contributed by atoms with van der Waals surface area (Å²) < 4.78 is 29.2. The number of phenolic OH excluding ortho intramolecular Hbond substituents is 2. The number of hydrogen-bond acceptors (Lipinski definition) is 11. The molecular weight excluding hydrogens is 546 g/mol. The molecule has 3 unspecified atom stereocenters. The standard InChI is InChI=1S/C31H35NO10/c1-15-18-4-3-5-21(38-2)26(18)30(36)28-25(15)29(35)19-10-16(20(34)12-33)11-22(27(19)31(28)37)42-24-7-6-17(13-40-24)41-23-14-39-9-8-32-23/h3-5,16-17,22-24,32-33,35,37H,1,6-14H2,2H3/t16?,17-,22-,23?,24?/m0/s1. The second kappa shape index (κ2) is 11.8. The van der Waals surface area contributed by atoms with Crippen LogP contribution >= 0.6 is 0 Å². The number of ketones is 2. The average molecular weight is 582 g/mol. The Labute approximate surface area is 243 Å². The van der Waals surface area contributed by atoms with Crippen molar-refractivity contribution in [3.63, 3.8) is 0 Å². The number of phenols is 2. The van der Waals surface area contributed by atoms with Gasteiger partial charge in [0.25, 0.3) is 0 Å². The zero-order chi connectivity index (χ0) is 29.5. The van der Waals surface area contributed by atoms with Gasteiger partial charge in [-0.1, -0.05) is 18.7 Å². The van der Waals surface area contributed by atoms with Crippen molar-refractivity contribution in [2.45, 2.75) is 50.4 Å². The van der Waals surface area contributed by atoms with Crippen LogP contribution < -0.4 is 10.1 Å². The molecule has 2 saturated heterocycles. The number of benzene rings is 2. The maximum atomic E-state index is 13.8. The Balaban J connectivity index is 1.32. The quantitative estimate of drug-likeness (QED) is 0.304. The zero-order valence-corrected chi connectivity index (χ0v) is 23.4. The smallest absolute Gasteiger partial charge is 0.201 e. The molecule has 0 saturated carbocycles. The molecule has 6 rings (SSSR count). The number of nitrogens with one attached hydrogen (secondary N) is 1. The molecule has 0 radical (unpaired) electrons. The minimum absolute atomic E-state index is 0.0611. The van der Waals surface area contributed by atoms with Crippen LogP contribution in [0.1, 0.15) is 63.5 Å². The van der Waals surface area contributed by atoms with Crippen molar-refractivity contribution in [2.24, 2.45) is 5.92 Å². The van der Waals surface area contributed by atoms with Gasteiger partial charge in [-0.2, -0.15) is 0 Å². The molecule has 224 valence electrons. The normalized spacial score (nSPS) is 27.1. The van der Waals surface area contributed by atoms with Crippen LogP contribution in [-0.2, 0) is 30.2 Å². The van der Waals surface area contributed by atoms with Gasteiger partial charge >= 0.3 is 0 Å². The Morgan fingerprint density at radius 3 is 2.64 bits per heavy atom. The molecule has 11 heteroatoms. The van der Waals surface area contributed by atoms with Crippen LogP contribution in [0.3, 0.4) is 0 Å². The Morgan fingerprint density at radius 1 is 1.12 bits per heavy atom. The van der Waals surface area contributed by atoms with E-state index in [4.69, 9.17) is 23.7 Å². The first-order chi connectivity index (χ1) is 20.3. The van der Waals surface area contributed by atoms with Crippen LogP contribution in [0.4, 0.5) is 0 Å². The summed E-state index contributed by atoms with van der Waals surface area (Å²) in [6.07, 6.45) is -0.593. The Bertz CT molecular complexity index is 1410. The molecule has 42 heavy (non-hydrogen) atoms. The van der Waals surface area contributed by atoms with Gasteiger partial charge in [0.1, 0.15) is 30.1 Å². The molecule has 0 aromatic heterocycles. The number of aliphatic hydroxyl groups excluding tert-OH is 1. The number of morpholine rings is 1. The summed E-state index contributed by atoms with van der Waals surface area (Å²) in [4.78, 5) is 26.5. The van der Waals surface area contributed by atoms with Gasteiger partial charge in [-0.05, 0) is 36.5 Å². The third-order valence-electron chi connectivity index (χ3n) is 8.55. The van der Waals surface area contributed by atoms with Gasteiger partial charge in [0, 0.05) is 35.6 Å². The number of aliphatic hydroxyl groups is 1. The first kappa shape index (κ1) is 28.8. The van der Waals surface area contributed by atoms with E-state index in [1.54, 1.807) is 18.2 Å². The highest BCUT2D eigenvalue weighted by atomic mass is 16.7. The minimum atomic E-state index is -0.888. The van der Waals surface area contributed by atoms with Crippen LogP contribution in [0.25, 0.3) is 5.57 Å². The number of carbonyl (C=O) groups excluding carboxylic acids is 2. The monoisotopic (exact) mass is 581 g/mol. The van der Waals surface area contributed by atoms with Crippen molar-refractivity contribution in [1.29, 1.82) is 0 Å². The maximum absolute atomic E-state index is 13.8. The SMILES string of the molecule is C=C1c2cccc(OC)c2C(=O)c2c(O)c3c(c(O)c21)CC(C(=O)CO)C[C@@H]3OC1CC[C@H](OC2COCCN2)CO1. The predicted molar refractivity (Wildman–Crippen MR) is 149 cm³/mol. The Kier molecular flexibility index (Phi) is 8.05. The third kappa shape index (κ3) is 5.00. The van der Waals surface area contributed by atoms with E-state index >= 15 is 0 Å². The number of hydrogen-bond donors (Lipinski definition) is 4. The number of carbonyl (C=O) groups is 2. The maximum Gasteiger partial charge on any atom is 0.201 e. The summed E-state index contributed by atoms with van der Waals surface area (Å²) in [6, 6.07) is 5.07. The second-order valence-corrected chi connectivity index (χ2v) is 11.0. The van der Waals surface area contributed by atoms with E-state index in [2.05, 4.69) is 11.9 Å². The lowest BCUT2D eigenvalue weighted by Crippen LogP contribution is -2.47. The molecule has 2 fully saturated rings. The van der Waals surface area contributed by atoms with Crippen molar-refractivity contribution in [2.75, 3.05) is 40.1 Å². The van der Waals surface area contributed by atoms with E-state index in [0.29, 0.717) is 49.5 Å². The number of methoxy groups -OCH3 is 1. The highest BCUT2D eigenvalue weighted by molar-refractivity contribution is 6.22. The Morgan fingerprint density at radius 2 is 1.95 bits per heavy atom. The first-order valence-electron chi connectivity index (χ1n) is 14.2. The number of Topliss-reactive ketones (excluding diaryl/α,β-unsaturated/α-hetero) is 1. The molecule has 2 aliphatic heterocycles. The lowest BCUT2D eigenvalue weighted by molar-refractivity contribution is -0.229. The van der Waals surface area contributed by atoms with Crippen molar-refractivity contribution in [3.8, 4) is 17.2 Å². The fraction of sp³-hybridized carbons (Fsp3) is 0.484. The molecule has 11 nitrogen and oxygen atoms in total. The average Bonchev–Trinajstić information content (AvgIpc) is 3.01. The van der Waals surface area contributed by atoms with Crippen molar-refractivity contribution >= 4 is 17.1 Å². The molecule has 4 aliphatic rings. The molecule has 4 N–H and O–H groups in total. The van der Waals surface area contributed by atoms with Gasteiger partial charge in [-0.3, -0.25) is 14.9 Å². The van der Waals surface area contributed by atoms with E-state index in [-0.39, 0.29) is 71.1 Å². The minimum Gasteiger partial charge on any atom is -0.507 e. The van der Waals surface area contributed by atoms with E-state index in [1.807, 2.05) is 0 Å². The zero-order valence-electron chi connectivity index (χ0n) is 23.4. The number of aromatic hydroxyl groups is 2. The van der Waals surface area contributed by atoms with E-state index in [9.17, 15) is 24.9 Å². The van der Waals surface area contributed by atoms with E-state index in [0.717, 1.165) is 0 Å². The van der Waals surface area contributed by atoms with Crippen LogP contribution in [0.15, 0.2) is 24.8 Å². The van der Waals surface area contributed by atoms with Gasteiger partial charge in [0.2, 0.25) is 5.78 Å². The van der Waals surface area contributed by atoms with Gasteiger partial charge in [-0.15, -0.1) is 0 Å². The molecule has 0 bridgehead atoms. The first-order valence-corrected chi connectivity index (χ1v) is 14.2. The largest absolute Gasteiger partial charge is 0.507 e. The van der Waals surface area contributed by atoms with Gasteiger partial charge in [0.05, 0.1) is 50.3 Å². The Hall–Kier alpha value is -3.32. The van der Waals surface area contributed by atoms with Crippen LogP contribution in [0.5, 0.6) is 17.2 Å². The molecule has 2 aromatic rings. The van der Waals surface area contributed by atoms with Gasteiger partial charge < -0.3 is 39.0 Å².